The summed E-state index contributed by atoms with van der Waals surface area (Å²) in [5.74, 6) is -0.997. The monoisotopic (exact) mass is 550 g/mol. The number of halogens is 2. The Morgan fingerprint density at radius 1 is 1.18 bits per heavy atom. The topological polar surface area (TPSA) is 141 Å². The smallest absolute Gasteiger partial charge is 0.473 e. The maximum absolute atomic E-state index is 13.9. The molecule has 0 aliphatic heterocycles. The number of hydrogen-bond donors (Lipinski definition) is 4. The summed E-state index contributed by atoms with van der Waals surface area (Å²) in [5, 5.41) is 9.79. The van der Waals surface area contributed by atoms with Crippen LogP contribution in [0.15, 0.2) is 65.3 Å². The van der Waals surface area contributed by atoms with E-state index in [1.54, 1.807) is 18.2 Å². The van der Waals surface area contributed by atoms with Gasteiger partial charge in [0.2, 0.25) is 0 Å². The summed E-state index contributed by atoms with van der Waals surface area (Å²) in [5.41, 5.74) is 9.35. The number of rotatable bonds is 14. The normalized spacial score (nSPS) is 13.5. The summed E-state index contributed by atoms with van der Waals surface area (Å²) in [6.45, 7) is 0.327. The minimum Gasteiger partial charge on any atom is -0.492 e. The van der Waals surface area contributed by atoms with Gasteiger partial charge < -0.3 is 30.5 Å². The molecule has 1 heterocycles. The van der Waals surface area contributed by atoms with Crippen LogP contribution < -0.4 is 21.1 Å². The van der Waals surface area contributed by atoms with E-state index in [-0.39, 0.29) is 24.7 Å². The van der Waals surface area contributed by atoms with Crippen molar-refractivity contribution in [3.8, 4) is 5.75 Å². The average Bonchev–Trinajstić information content (AvgIpc) is 3.35. The first-order valence-electron chi connectivity index (χ1n) is 11.4. The first-order valence-corrected chi connectivity index (χ1v) is 12.9. The van der Waals surface area contributed by atoms with Gasteiger partial charge in [-0.15, -0.1) is 0 Å². The van der Waals surface area contributed by atoms with Gasteiger partial charge in [0.15, 0.2) is 17.3 Å². The van der Waals surface area contributed by atoms with Crippen molar-refractivity contribution in [2.75, 3.05) is 32.8 Å². The Hall–Kier alpha value is -3.54. The van der Waals surface area contributed by atoms with Crippen LogP contribution in [0.1, 0.15) is 22.6 Å². The first kappa shape index (κ1) is 29.0. The number of allylic oxidation sites excluding steroid dienone is 2. The number of nitrogens with zero attached hydrogens (tertiary/aromatic N) is 1. The number of aromatic nitrogens is 1. The fourth-order valence-electron chi connectivity index (χ4n) is 3.33. The maximum atomic E-state index is 13.9. The molecule has 0 fully saturated rings. The molecule has 0 aliphatic rings. The van der Waals surface area contributed by atoms with Gasteiger partial charge in [-0.1, -0.05) is 35.5 Å². The fraction of sp³-hybridized carbons (Fsp3) is 0.240. The summed E-state index contributed by atoms with van der Waals surface area (Å²) >= 11 is 0. The van der Waals surface area contributed by atoms with Crippen LogP contribution in [0.5, 0.6) is 5.75 Å². The van der Waals surface area contributed by atoms with E-state index < -0.39 is 19.5 Å². The molecule has 2 aromatic carbocycles. The van der Waals surface area contributed by atoms with Gasteiger partial charge in [0, 0.05) is 50.4 Å². The van der Waals surface area contributed by atoms with Crippen LogP contribution in [0.2, 0.25) is 0 Å². The molecule has 204 valence electrons. The second-order valence-electron chi connectivity index (χ2n) is 7.88. The number of phosphoric acid groups is 1. The summed E-state index contributed by atoms with van der Waals surface area (Å²) in [7, 11) is -1.64. The lowest BCUT2D eigenvalue weighted by atomic mass is 10.1. The Bertz CT molecular complexity index is 1310. The molecule has 0 spiro atoms. The lowest BCUT2D eigenvalue weighted by molar-refractivity contribution is 0.168. The van der Waals surface area contributed by atoms with Gasteiger partial charge >= 0.3 is 7.82 Å². The Balaban J connectivity index is 1.55. The predicted octanol–water partition coefficient (Wildman–Crippen LogP) is 4.33. The average molecular weight is 550 g/mol. The Labute approximate surface area is 218 Å². The molecule has 13 heteroatoms. The Morgan fingerprint density at radius 2 is 1.92 bits per heavy atom. The highest BCUT2D eigenvalue weighted by atomic mass is 31.2. The Morgan fingerprint density at radius 3 is 2.61 bits per heavy atom. The van der Waals surface area contributed by atoms with Crippen molar-refractivity contribution in [1.29, 1.82) is 0 Å². The highest BCUT2D eigenvalue weighted by molar-refractivity contribution is 7.47. The lowest BCUT2D eigenvalue weighted by Crippen LogP contribution is -2.09. The van der Waals surface area contributed by atoms with Crippen LogP contribution in [-0.2, 0) is 26.6 Å². The van der Waals surface area contributed by atoms with E-state index in [9.17, 15) is 13.3 Å². The molecular formula is C25H29F2N4O6P. The van der Waals surface area contributed by atoms with E-state index in [4.69, 9.17) is 19.9 Å². The van der Waals surface area contributed by atoms with E-state index in [0.717, 1.165) is 24.3 Å². The minimum absolute atomic E-state index is 0.0446. The minimum atomic E-state index is -4.03. The molecule has 5 N–H and O–H groups in total. The zero-order valence-corrected chi connectivity index (χ0v) is 21.7. The Kier molecular flexibility index (Phi) is 10.6. The molecule has 38 heavy (non-hydrogen) atoms. The molecule has 0 saturated carbocycles. The molecule has 0 bridgehead atoms. The van der Waals surface area contributed by atoms with Crippen LogP contribution in [0.3, 0.4) is 0 Å². The first-order chi connectivity index (χ1) is 18.2. The predicted molar refractivity (Wildman–Crippen MR) is 138 cm³/mol. The second-order valence-corrected chi connectivity index (χ2v) is 9.44. The highest BCUT2D eigenvalue weighted by Gasteiger charge is 2.17. The van der Waals surface area contributed by atoms with Crippen LogP contribution in [0.25, 0.3) is 5.57 Å². The third-order valence-corrected chi connectivity index (χ3v) is 6.17. The van der Waals surface area contributed by atoms with E-state index in [1.807, 2.05) is 24.3 Å². The quantitative estimate of drug-likeness (QED) is 0.0992. The number of anilines is 1. The molecule has 1 atom stereocenters. The van der Waals surface area contributed by atoms with Crippen molar-refractivity contribution in [2.24, 2.45) is 5.73 Å². The maximum Gasteiger partial charge on any atom is 0.473 e. The number of methoxy groups -OCH3 is 1. The van der Waals surface area contributed by atoms with Gasteiger partial charge in [-0.25, -0.2) is 13.3 Å². The summed E-state index contributed by atoms with van der Waals surface area (Å²) in [6, 6.07) is 11.4. The van der Waals surface area contributed by atoms with E-state index in [0.29, 0.717) is 30.0 Å². The molecule has 10 nitrogen and oxygen atoms in total. The molecule has 3 rings (SSSR count). The van der Waals surface area contributed by atoms with Crippen LogP contribution >= 0.6 is 7.82 Å². The van der Waals surface area contributed by atoms with Gasteiger partial charge in [0.25, 0.3) is 0 Å². The van der Waals surface area contributed by atoms with Crippen LogP contribution in [0.4, 0.5) is 14.5 Å². The van der Waals surface area contributed by atoms with Gasteiger partial charge in [0.1, 0.15) is 12.5 Å². The zero-order valence-electron chi connectivity index (χ0n) is 20.8. The van der Waals surface area contributed by atoms with E-state index >= 15 is 0 Å². The molecule has 1 aromatic heterocycles. The molecule has 0 amide bonds. The number of benzene rings is 2. The fourth-order valence-corrected chi connectivity index (χ4v) is 3.67. The molecule has 3 aromatic rings. The summed E-state index contributed by atoms with van der Waals surface area (Å²) in [6.07, 6.45) is 5.39. The van der Waals surface area contributed by atoms with Crippen molar-refractivity contribution in [2.45, 2.75) is 13.0 Å². The molecule has 1 unspecified atom stereocenters. The van der Waals surface area contributed by atoms with Gasteiger partial charge in [-0.2, -0.15) is 0 Å². The number of hydrogen-bond acceptors (Lipinski definition) is 9. The molecular weight excluding hydrogens is 521 g/mol. The molecule has 0 aliphatic carbocycles. The number of nitrogens with two attached hydrogens (primary N) is 1. The summed E-state index contributed by atoms with van der Waals surface area (Å²) in [4.78, 5) is 9.15. The van der Waals surface area contributed by atoms with Crippen LogP contribution in [0, 0.1) is 11.6 Å². The number of nitrogens with one attached hydrogen (secondary N) is 2. The van der Waals surface area contributed by atoms with Gasteiger partial charge in [0.05, 0.1) is 18.5 Å². The standard InChI is InChI=1S/C25H29F2N4O6P/c1-34-25-22(27)11-20(26)12-23(25)30-15-18-7-5-17(6-8-18)10-21-13-24(37-31-21)19(14-28)4-3-9-29-16-36-38(32,33)35-2/h3-9,11-13,29-30H,10,14-16,28H2,1-2H3,(H,32,33)/b9-3-,19-4+. The largest absolute Gasteiger partial charge is 0.492 e. The highest BCUT2D eigenvalue weighted by Crippen LogP contribution is 2.41. The molecule has 0 saturated heterocycles. The van der Waals surface area contributed by atoms with Crippen molar-refractivity contribution in [1.82, 2.24) is 10.5 Å². The van der Waals surface area contributed by atoms with E-state index in [1.165, 1.54) is 19.4 Å². The third kappa shape index (κ3) is 8.51. The number of phosphoric ester groups is 1. The van der Waals surface area contributed by atoms with Gasteiger partial charge in [-0.05, 0) is 23.4 Å². The van der Waals surface area contributed by atoms with E-state index in [2.05, 4.69) is 24.8 Å². The SMILES string of the molecule is COc1c(F)cc(F)cc1NCc1ccc(Cc2cc(/C(=C/C=C\NCOP(=O)(O)OC)CN)on2)cc1. The molecule has 0 radical (unpaired) electrons. The van der Waals surface area contributed by atoms with Crippen molar-refractivity contribution in [3.63, 3.8) is 0 Å². The van der Waals surface area contributed by atoms with Gasteiger partial charge in [-0.3, -0.25) is 9.05 Å². The van der Waals surface area contributed by atoms with Crippen molar-refractivity contribution < 1.29 is 36.5 Å². The van der Waals surface area contributed by atoms with Crippen molar-refractivity contribution in [3.05, 3.63) is 95.0 Å². The van der Waals surface area contributed by atoms with Crippen molar-refractivity contribution >= 4 is 19.1 Å². The lowest BCUT2D eigenvalue weighted by Gasteiger charge is -2.12. The second kappa shape index (κ2) is 13.8. The summed E-state index contributed by atoms with van der Waals surface area (Å²) < 4.78 is 58.0. The van der Waals surface area contributed by atoms with Crippen LogP contribution in [-0.4, -0.2) is 37.5 Å². The number of ether oxygens (including phenoxy) is 1. The zero-order chi connectivity index (χ0) is 27.5. The third-order valence-electron chi connectivity index (χ3n) is 5.25.